The normalized spacial score (nSPS) is 15.4. The second-order valence-electron chi connectivity index (χ2n) is 7.18. The number of amides is 1. The van der Waals surface area contributed by atoms with Gasteiger partial charge in [0, 0.05) is 44.2 Å². The second-order valence-corrected chi connectivity index (χ2v) is 7.18. The molecule has 0 aliphatic carbocycles. The highest BCUT2D eigenvalue weighted by Gasteiger charge is 2.21. The Morgan fingerprint density at radius 1 is 1.17 bits per heavy atom. The van der Waals surface area contributed by atoms with Crippen LogP contribution in [0.1, 0.15) is 16.8 Å². The number of carbonyl (C=O) groups excluding carboxylic acids is 1. The fraction of sp³-hybridized carbons (Fsp3) is 0.500. The van der Waals surface area contributed by atoms with E-state index in [1.807, 2.05) is 0 Å². The molecule has 0 unspecified atom stereocenters. The molecule has 0 radical (unpaired) electrons. The molecule has 9 heteroatoms. The Hall–Kier alpha value is -2.78. The summed E-state index contributed by atoms with van der Waals surface area (Å²) in [6.07, 6.45) is 0.771. The summed E-state index contributed by atoms with van der Waals surface area (Å²) in [5.74, 6) is -0.169. The van der Waals surface area contributed by atoms with Crippen molar-refractivity contribution >= 4 is 16.8 Å². The van der Waals surface area contributed by atoms with Crippen molar-refractivity contribution in [3.63, 3.8) is 0 Å². The molecule has 0 atom stereocenters. The van der Waals surface area contributed by atoms with Crippen LogP contribution in [0, 0.1) is 0 Å². The number of ether oxygens (including phenoxy) is 2. The standard InChI is InChI=1S/C20H28N4O5/c1-23-7-9-24(10-8-23)6-4-5-21-19(26)17-18(25)13-11-15(28-2)16(29-3)12-14(13)22-20(17)27/h11-12H,4-10H2,1-3H3,(H,21,26)(H2,22,25,27). The molecule has 0 spiro atoms. The molecule has 3 N–H and O–H groups in total. The highest BCUT2D eigenvalue weighted by molar-refractivity contribution is 6.02. The van der Waals surface area contributed by atoms with Crippen LogP contribution in [0.3, 0.4) is 0 Å². The first-order valence-electron chi connectivity index (χ1n) is 9.64. The number of H-pyrrole nitrogens is 1. The van der Waals surface area contributed by atoms with Crippen molar-refractivity contribution in [3.8, 4) is 17.2 Å². The van der Waals surface area contributed by atoms with Gasteiger partial charge in [0.05, 0.1) is 19.7 Å². The molecular weight excluding hydrogens is 376 g/mol. The third kappa shape index (κ3) is 4.63. The predicted octanol–water partition coefficient (Wildman–Crippen LogP) is 0.618. The zero-order valence-electron chi connectivity index (χ0n) is 17.1. The SMILES string of the molecule is COc1cc2[nH]c(=O)c(C(=O)NCCCN3CCN(C)CC3)c(O)c2cc1OC. The van der Waals surface area contributed by atoms with Gasteiger partial charge in [0.2, 0.25) is 0 Å². The van der Waals surface area contributed by atoms with Crippen molar-refractivity contribution in [2.75, 3.05) is 60.5 Å². The third-order valence-corrected chi connectivity index (χ3v) is 5.25. The van der Waals surface area contributed by atoms with Crippen molar-refractivity contribution in [2.24, 2.45) is 0 Å². The van der Waals surface area contributed by atoms with E-state index < -0.39 is 11.5 Å². The van der Waals surface area contributed by atoms with Crippen LogP contribution in [-0.2, 0) is 0 Å². The summed E-state index contributed by atoms with van der Waals surface area (Å²) in [4.78, 5) is 32.2. The lowest BCUT2D eigenvalue weighted by Crippen LogP contribution is -2.45. The number of nitrogens with zero attached hydrogens (tertiary/aromatic N) is 2. The number of pyridine rings is 1. The molecule has 1 aliphatic rings. The number of carbonyl (C=O) groups is 1. The zero-order valence-corrected chi connectivity index (χ0v) is 17.1. The van der Waals surface area contributed by atoms with E-state index in [2.05, 4.69) is 27.1 Å². The fourth-order valence-electron chi connectivity index (χ4n) is 3.48. The summed E-state index contributed by atoms with van der Waals surface area (Å²) in [6.45, 7) is 5.42. The quantitative estimate of drug-likeness (QED) is 0.581. The second kappa shape index (κ2) is 9.15. The molecule has 9 nitrogen and oxygen atoms in total. The number of methoxy groups -OCH3 is 2. The maximum atomic E-state index is 12.5. The van der Waals surface area contributed by atoms with E-state index in [0.29, 0.717) is 28.9 Å². The maximum absolute atomic E-state index is 12.5. The van der Waals surface area contributed by atoms with Gasteiger partial charge in [0.15, 0.2) is 11.5 Å². The van der Waals surface area contributed by atoms with E-state index >= 15 is 0 Å². The number of hydrogen-bond acceptors (Lipinski definition) is 7. The molecular formula is C20H28N4O5. The number of benzene rings is 1. The van der Waals surface area contributed by atoms with Gasteiger partial charge in [-0.3, -0.25) is 9.59 Å². The summed E-state index contributed by atoms with van der Waals surface area (Å²) in [6, 6.07) is 3.08. The Morgan fingerprint density at radius 3 is 2.48 bits per heavy atom. The minimum atomic E-state index is -0.654. The van der Waals surface area contributed by atoms with Crippen molar-refractivity contribution < 1.29 is 19.4 Å². The number of rotatable bonds is 7. The first kappa shape index (κ1) is 20.9. The van der Waals surface area contributed by atoms with E-state index in [4.69, 9.17) is 9.47 Å². The van der Waals surface area contributed by atoms with Gasteiger partial charge in [-0.2, -0.15) is 0 Å². The largest absolute Gasteiger partial charge is 0.506 e. The van der Waals surface area contributed by atoms with E-state index in [0.717, 1.165) is 39.1 Å². The van der Waals surface area contributed by atoms with Crippen LogP contribution in [0.2, 0.25) is 0 Å². The van der Waals surface area contributed by atoms with Gasteiger partial charge < -0.3 is 34.7 Å². The number of piperazine rings is 1. The molecule has 0 bridgehead atoms. The Morgan fingerprint density at radius 2 is 1.83 bits per heavy atom. The number of aromatic hydroxyl groups is 1. The molecule has 2 aromatic rings. The van der Waals surface area contributed by atoms with Gasteiger partial charge in [0.25, 0.3) is 11.5 Å². The molecule has 1 amide bonds. The van der Waals surface area contributed by atoms with Gasteiger partial charge in [-0.15, -0.1) is 0 Å². The number of likely N-dealkylation sites (N-methyl/N-ethyl adjacent to an activating group) is 1. The van der Waals surface area contributed by atoms with Crippen LogP contribution in [0.5, 0.6) is 17.2 Å². The summed E-state index contributed by atoms with van der Waals surface area (Å²) >= 11 is 0. The number of aromatic nitrogens is 1. The van der Waals surface area contributed by atoms with Crippen molar-refractivity contribution in [1.29, 1.82) is 0 Å². The summed E-state index contributed by atoms with van der Waals surface area (Å²) in [5, 5.41) is 13.6. The van der Waals surface area contributed by atoms with Crippen LogP contribution in [-0.4, -0.2) is 86.3 Å². The lowest BCUT2D eigenvalue weighted by atomic mass is 10.1. The predicted molar refractivity (Wildman–Crippen MR) is 110 cm³/mol. The minimum absolute atomic E-state index is 0.302. The molecule has 1 saturated heterocycles. The summed E-state index contributed by atoms with van der Waals surface area (Å²) in [5.41, 5.74) is -0.597. The van der Waals surface area contributed by atoms with E-state index in [-0.39, 0.29) is 11.3 Å². The lowest BCUT2D eigenvalue weighted by molar-refractivity contribution is 0.0945. The molecule has 2 heterocycles. The van der Waals surface area contributed by atoms with Crippen LogP contribution in [0.15, 0.2) is 16.9 Å². The van der Waals surface area contributed by atoms with Gasteiger partial charge in [-0.1, -0.05) is 0 Å². The fourth-order valence-corrected chi connectivity index (χ4v) is 3.48. The summed E-state index contributed by atoms with van der Waals surface area (Å²) in [7, 11) is 5.06. The molecule has 158 valence electrons. The monoisotopic (exact) mass is 404 g/mol. The van der Waals surface area contributed by atoms with E-state index in [1.54, 1.807) is 6.07 Å². The molecule has 1 aromatic heterocycles. The minimum Gasteiger partial charge on any atom is -0.506 e. The van der Waals surface area contributed by atoms with Crippen LogP contribution in [0.4, 0.5) is 0 Å². The summed E-state index contributed by atoms with van der Waals surface area (Å²) < 4.78 is 10.4. The van der Waals surface area contributed by atoms with Crippen LogP contribution < -0.4 is 20.3 Å². The molecule has 1 aromatic carbocycles. The third-order valence-electron chi connectivity index (χ3n) is 5.25. The first-order chi connectivity index (χ1) is 13.9. The Kier molecular flexibility index (Phi) is 6.60. The van der Waals surface area contributed by atoms with Gasteiger partial charge in [0.1, 0.15) is 11.3 Å². The molecule has 0 saturated carbocycles. The Labute approximate surface area is 169 Å². The topological polar surface area (TPSA) is 107 Å². The lowest BCUT2D eigenvalue weighted by Gasteiger charge is -2.32. The number of hydrogen-bond donors (Lipinski definition) is 3. The zero-order chi connectivity index (χ0) is 21.0. The van der Waals surface area contributed by atoms with Gasteiger partial charge >= 0.3 is 0 Å². The van der Waals surface area contributed by atoms with Crippen LogP contribution >= 0.6 is 0 Å². The Bertz CT molecular complexity index is 935. The Balaban J connectivity index is 1.69. The highest BCUT2D eigenvalue weighted by Crippen LogP contribution is 2.35. The van der Waals surface area contributed by atoms with Gasteiger partial charge in [-0.25, -0.2) is 0 Å². The smallest absolute Gasteiger partial charge is 0.265 e. The first-order valence-corrected chi connectivity index (χ1v) is 9.64. The average Bonchev–Trinajstić information content (AvgIpc) is 2.71. The number of nitrogens with one attached hydrogen (secondary N) is 2. The van der Waals surface area contributed by atoms with Gasteiger partial charge in [-0.05, 0) is 26.1 Å². The van der Waals surface area contributed by atoms with Crippen molar-refractivity contribution in [2.45, 2.75) is 6.42 Å². The maximum Gasteiger partial charge on any atom is 0.265 e. The molecule has 1 fully saturated rings. The highest BCUT2D eigenvalue weighted by atomic mass is 16.5. The molecule has 1 aliphatic heterocycles. The number of aromatic amines is 1. The molecule has 29 heavy (non-hydrogen) atoms. The average molecular weight is 404 g/mol. The van der Waals surface area contributed by atoms with E-state index in [9.17, 15) is 14.7 Å². The van der Waals surface area contributed by atoms with Crippen molar-refractivity contribution in [1.82, 2.24) is 20.1 Å². The number of fused-ring (bicyclic) bond motifs is 1. The van der Waals surface area contributed by atoms with Crippen LogP contribution in [0.25, 0.3) is 10.9 Å². The van der Waals surface area contributed by atoms with Crippen molar-refractivity contribution in [3.05, 3.63) is 28.0 Å². The molecule has 3 rings (SSSR count). The van der Waals surface area contributed by atoms with E-state index in [1.165, 1.54) is 20.3 Å².